The number of benzene rings is 2. The molecule has 1 N–H and O–H groups in total. The predicted molar refractivity (Wildman–Crippen MR) is 113 cm³/mol. The molecule has 2 aromatic carbocycles. The van der Waals surface area contributed by atoms with E-state index in [2.05, 4.69) is 5.32 Å². The molecule has 0 saturated carbocycles. The van der Waals surface area contributed by atoms with Gasteiger partial charge in [0.05, 0.1) is 5.69 Å². The third-order valence-electron chi connectivity index (χ3n) is 3.99. The number of nitrogens with zero attached hydrogens (tertiary/aromatic N) is 2. The normalized spacial score (nSPS) is 15.9. The maximum Gasteiger partial charge on any atom is 0.270 e. The number of nitrogens with one attached hydrogen (secondary N) is 1. The van der Waals surface area contributed by atoms with Crippen molar-refractivity contribution in [2.75, 3.05) is 23.9 Å². The lowest BCUT2D eigenvalue weighted by Crippen LogP contribution is -2.54. The van der Waals surface area contributed by atoms with Crippen LogP contribution in [0.25, 0.3) is 6.08 Å². The molecular formula is C19H15Cl2N3O2S. The zero-order valence-electron chi connectivity index (χ0n) is 14.5. The molecule has 0 atom stereocenters. The van der Waals surface area contributed by atoms with Gasteiger partial charge in [0.15, 0.2) is 5.11 Å². The van der Waals surface area contributed by atoms with E-state index in [1.165, 1.54) is 11.0 Å². The largest absolute Gasteiger partial charge is 0.378 e. The van der Waals surface area contributed by atoms with Gasteiger partial charge in [0.1, 0.15) is 5.57 Å². The quantitative estimate of drug-likeness (QED) is 0.465. The van der Waals surface area contributed by atoms with Crippen LogP contribution in [0.3, 0.4) is 0 Å². The van der Waals surface area contributed by atoms with Gasteiger partial charge >= 0.3 is 0 Å². The second-order valence-electron chi connectivity index (χ2n) is 6.03. The van der Waals surface area contributed by atoms with Crippen molar-refractivity contribution < 1.29 is 9.59 Å². The number of carbonyl (C=O) groups is 2. The van der Waals surface area contributed by atoms with E-state index in [0.29, 0.717) is 21.3 Å². The van der Waals surface area contributed by atoms with Crippen molar-refractivity contribution in [2.24, 2.45) is 0 Å². The summed E-state index contributed by atoms with van der Waals surface area (Å²) in [4.78, 5) is 28.5. The van der Waals surface area contributed by atoms with Crippen molar-refractivity contribution in [3.8, 4) is 0 Å². The molecule has 3 rings (SSSR count). The first kappa shape index (κ1) is 19.4. The number of halogens is 2. The fourth-order valence-corrected chi connectivity index (χ4v) is 3.19. The monoisotopic (exact) mass is 419 g/mol. The van der Waals surface area contributed by atoms with E-state index in [9.17, 15) is 9.59 Å². The number of hydrogen-bond donors (Lipinski definition) is 1. The molecule has 0 aromatic heterocycles. The summed E-state index contributed by atoms with van der Waals surface area (Å²) in [6.45, 7) is 0. The molecule has 1 aliphatic heterocycles. The van der Waals surface area contributed by atoms with Crippen LogP contribution < -0.4 is 15.1 Å². The lowest BCUT2D eigenvalue weighted by Gasteiger charge is -2.29. The molecule has 0 bridgehead atoms. The maximum atomic E-state index is 12.9. The summed E-state index contributed by atoms with van der Waals surface area (Å²) >= 11 is 17.4. The van der Waals surface area contributed by atoms with Crippen LogP contribution in [0.15, 0.2) is 48.0 Å². The highest BCUT2D eigenvalue weighted by atomic mass is 35.5. The molecule has 1 heterocycles. The van der Waals surface area contributed by atoms with Gasteiger partial charge in [0, 0.05) is 29.8 Å². The molecule has 1 fully saturated rings. The highest BCUT2D eigenvalue weighted by Gasteiger charge is 2.34. The van der Waals surface area contributed by atoms with Gasteiger partial charge in [-0.15, -0.1) is 0 Å². The number of hydrogen-bond acceptors (Lipinski definition) is 4. The van der Waals surface area contributed by atoms with Crippen LogP contribution in [-0.2, 0) is 9.59 Å². The van der Waals surface area contributed by atoms with Crippen molar-refractivity contribution in [3.05, 3.63) is 63.6 Å². The standard InChI is InChI=1S/C19H15Cl2N3O2S/c1-23(2)14-6-3-11(16(21)10-14)9-15-17(25)22-19(27)24(18(15)26)13-7-4-12(20)5-8-13/h3-10H,1-2H3,(H,22,25,27)/b15-9+. The van der Waals surface area contributed by atoms with E-state index in [1.807, 2.05) is 25.1 Å². The molecule has 0 radical (unpaired) electrons. The molecule has 0 unspecified atom stereocenters. The van der Waals surface area contributed by atoms with E-state index in [4.69, 9.17) is 35.4 Å². The Morgan fingerprint density at radius 3 is 2.33 bits per heavy atom. The van der Waals surface area contributed by atoms with Crippen LogP contribution in [0.5, 0.6) is 0 Å². The van der Waals surface area contributed by atoms with E-state index in [-0.39, 0.29) is 10.7 Å². The summed E-state index contributed by atoms with van der Waals surface area (Å²) in [7, 11) is 3.79. The van der Waals surface area contributed by atoms with Crippen molar-refractivity contribution in [1.29, 1.82) is 0 Å². The van der Waals surface area contributed by atoms with E-state index >= 15 is 0 Å². The van der Waals surface area contributed by atoms with Crippen molar-refractivity contribution in [3.63, 3.8) is 0 Å². The third kappa shape index (κ3) is 3.98. The maximum absolute atomic E-state index is 12.9. The number of carbonyl (C=O) groups excluding carboxylic acids is 2. The number of amides is 2. The third-order valence-corrected chi connectivity index (χ3v) is 4.85. The minimum atomic E-state index is -0.567. The molecule has 138 valence electrons. The Hall–Kier alpha value is -2.41. The fraction of sp³-hybridized carbons (Fsp3) is 0.105. The van der Waals surface area contributed by atoms with Crippen molar-refractivity contribution >= 4 is 69.8 Å². The topological polar surface area (TPSA) is 52.7 Å². The number of thiocarbonyl (C=S) groups is 1. The van der Waals surface area contributed by atoms with Crippen LogP contribution in [0.4, 0.5) is 11.4 Å². The van der Waals surface area contributed by atoms with E-state index in [0.717, 1.165) is 5.69 Å². The lowest BCUT2D eigenvalue weighted by molar-refractivity contribution is -0.122. The van der Waals surface area contributed by atoms with Gasteiger partial charge < -0.3 is 4.90 Å². The van der Waals surface area contributed by atoms with Gasteiger partial charge in [-0.3, -0.25) is 19.8 Å². The summed E-state index contributed by atoms with van der Waals surface area (Å²) in [5, 5.41) is 3.51. The van der Waals surface area contributed by atoms with Crippen LogP contribution >= 0.6 is 35.4 Å². The summed E-state index contributed by atoms with van der Waals surface area (Å²) < 4.78 is 0. The van der Waals surface area contributed by atoms with Crippen LogP contribution in [0.2, 0.25) is 10.0 Å². The SMILES string of the molecule is CN(C)c1ccc(/C=C2\C(=O)NC(=S)N(c3ccc(Cl)cc3)C2=O)c(Cl)c1. The Morgan fingerprint density at radius 2 is 1.74 bits per heavy atom. The van der Waals surface area contributed by atoms with Gasteiger partial charge in [-0.1, -0.05) is 29.3 Å². The molecule has 1 saturated heterocycles. The predicted octanol–water partition coefficient (Wildman–Crippen LogP) is 3.89. The minimum Gasteiger partial charge on any atom is -0.378 e. The van der Waals surface area contributed by atoms with Crippen LogP contribution in [0, 0.1) is 0 Å². The molecular weight excluding hydrogens is 405 g/mol. The first-order valence-electron chi connectivity index (χ1n) is 7.92. The van der Waals surface area contributed by atoms with E-state index in [1.54, 1.807) is 36.4 Å². The summed E-state index contributed by atoms with van der Waals surface area (Å²) in [6, 6.07) is 12.0. The zero-order valence-corrected chi connectivity index (χ0v) is 16.8. The van der Waals surface area contributed by atoms with Gasteiger partial charge in [-0.05, 0) is 60.3 Å². The van der Waals surface area contributed by atoms with Gasteiger partial charge in [-0.2, -0.15) is 0 Å². The lowest BCUT2D eigenvalue weighted by atomic mass is 10.1. The van der Waals surface area contributed by atoms with Crippen LogP contribution in [0.1, 0.15) is 5.56 Å². The molecule has 0 aliphatic carbocycles. The number of rotatable bonds is 3. The van der Waals surface area contributed by atoms with Gasteiger partial charge in [-0.25, -0.2) is 0 Å². The first-order valence-corrected chi connectivity index (χ1v) is 9.08. The minimum absolute atomic E-state index is 0.0125. The van der Waals surface area contributed by atoms with Crippen molar-refractivity contribution in [2.45, 2.75) is 0 Å². The molecule has 2 aromatic rings. The average molecular weight is 420 g/mol. The van der Waals surface area contributed by atoms with Crippen molar-refractivity contribution in [1.82, 2.24) is 5.32 Å². The Balaban J connectivity index is 2.00. The molecule has 8 heteroatoms. The first-order chi connectivity index (χ1) is 12.8. The highest BCUT2D eigenvalue weighted by Crippen LogP contribution is 2.27. The smallest absolute Gasteiger partial charge is 0.270 e. The Kier molecular flexibility index (Phi) is 5.51. The van der Waals surface area contributed by atoms with Crippen LogP contribution in [-0.4, -0.2) is 31.0 Å². The summed E-state index contributed by atoms with van der Waals surface area (Å²) in [6.07, 6.45) is 1.46. The Bertz CT molecular complexity index is 971. The molecule has 1 aliphatic rings. The summed E-state index contributed by atoms with van der Waals surface area (Å²) in [5.41, 5.74) is 1.92. The molecule has 0 spiro atoms. The Morgan fingerprint density at radius 1 is 1.07 bits per heavy atom. The highest BCUT2D eigenvalue weighted by molar-refractivity contribution is 7.80. The summed E-state index contributed by atoms with van der Waals surface area (Å²) in [5.74, 6) is -1.10. The second-order valence-corrected chi connectivity index (χ2v) is 7.26. The average Bonchev–Trinajstić information content (AvgIpc) is 2.61. The zero-order chi connectivity index (χ0) is 19.7. The van der Waals surface area contributed by atoms with Gasteiger partial charge in [0.2, 0.25) is 0 Å². The molecule has 2 amide bonds. The molecule has 5 nitrogen and oxygen atoms in total. The fourth-order valence-electron chi connectivity index (χ4n) is 2.55. The number of anilines is 2. The second kappa shape index (κ2) is 7.68. The Labute approximate surface area is 172 Å². The van der Waals surface area contributed by atoms with E-state index < -0.39 is 11.8 Å². The van der Waals surface area contributed by atoms with Gasteiger partial charge in [0.25, 0.3) is 11.8 Å². The molecule has 27 heavy (non-hydrogen) atoms.